The SMILES string of the molecule is c1ccc(-c2ccc(-c3ccc(N(c4ccc(-c5cccc(-c6ccccc6-n6c7ccccc7c7ccccc76)c5)cc4)c4ccc(-c5ccc6ccccc6c5)cc4)cc3)cc2)cc1. The van der Waals surface area contributed by atoms with Crippen LogP contribution in [-0.2, 0) is 0 Å². The molecule has 0 amide bonds. The van der Waals surface area contributed by atoms with Gasteiger partial charge in [-0.2, -0.15) is 0 Å². The Morgan fingerprint density at radius 2 is 0.636 bits per heavy atom. The Labute approximate surface area is 385 Å². The molecule has 1 heterocycles. The van der Waals surface area contributed by atoms with Crippen LogP contribution < -0.4 is 4.90 Å². The topological polar surface area (TPSA) is 8.17 Å². The molecule has 11 aromatic carbocycles. The van der Waals surface area contributed by atoms with Crippen LogP contribution in [0.3, 0.4) is 0 Å². The van der Waals surface area contributed by atoms with Crippen LogP contribution in [0.15, 0.2) is 267 Å². The zero-order valence-electron chi connectivity index (χ0n) is 36.3. The van der Waals surface area contributed by atoms with E-state index in [-0.39, 0.29) is 0 Å². The van der Waals surface area contributed by atoms with Crippen LogP contribution in [-0.4, -0.2) is 4.57 Å². The number of aromatic nitrogens is 1. The van der Waals surface area contributed by atoms with Crippen molar-refractivity contribution in [2.24, 2.45) is 0 Å². The smallest absolute Gasteiger partial charge is 0.0541 e. The van der Waals surface area contributed by atoms with Crippen LogP contribution in [0.1, 0.15) is 0 Å². The van der Waals surface area contributed by atoms with E-state index in [1.54, 1.807) is 0 Å². The predicted octanol–water partition coefficient (Wildman–Crippen LogP) is 17.7. The van der Waals surface area contributed by atoms with Gasteiger partial charge in [-0.25, -0.2) is 0 Å². The van der Waals surface area contributed by atoms with Crippen LogP contribution in [0.4, 0.5) is 17.1 Å². The van der Waals surface area contributed by atoms with Gasteiger partial charge in [0.25, 0.3) is 0 Å². The average molecular weight is 841 g/mol. The summed E-state index contributed by atoms with van der Waals surface area (Å²) in [4.78, 5) is 2.36. The Kier molecular flexibility index (Phi) is 9.89. The van der Waals surface area contributed by atoms with Gasteiger partial charge in [-0.3, -0.25) is 0 Å². The van der Waals surface area contributed by atoms with Gasteiger partial charge in [0, 0.05) is 33.4 Å². The van der Waals surface area contributed by atoms with E-state index >= 15 is 0 Å². The number of para-hydroxylation sites is 3. The highest BCUT2D eigenvalue weighted by Gasteiger charge is 2.17. The third-order valence-corrected chi connectivity index (χ3v) is 13.0. The number of nitrogens with zero attached hydrogens (tertiary/aromatic N) is 2. The van der Waals surface area contributed by atoms with E-state index in [0.29, 0.717) is 0 Å². The summed E-state index contributed by atoms with van der Waals surface area (Å²) in [5.74, 6) is 0. The van der Waals surface area contributed by atoms with E-state index in [2.05, 4.69) is 276 Å². The van der Waals surface area contributed by atoms with E-state index < -0.39 is 0 Å². The van der Waals surface area contributed by atoms with Gasteiger partial charge in [0.2, 0.25) is 0 Å². The Hall–Kier alpha value is -8.72. The van der Waals surface area contributed by atoms with Gasteiger partial charge in [0.15, 0.2) is 0 Å². The van der Waals surface area contributed by atoms with Gasteiger partial charge < -0.3 is 9.47 Å². The molecule has 0 bridgehead atoms. The molecule has 0 aliphatic carbocycles. The number of anilines is 3. The summed E-state index contributed by atoms with van der Waals surface area (Å²) in [6.45, 7) is 0. The number of fused-ring (bicyclic) bond motifs is 4. The second kappa shape index (κ2) is 16.8. The Bertz CT molecular complexity index is 3610. The Balaban J connectivity index is 0.890. The standard InChI is InChI=1S/C64H44N2/c1-2-13-45(14-3-1)47-25-27-48(28-26-47)49-31-37-56(38-32-49)65(58-41-35-51(36-42-58)54-30-29-46-15-4-5-16-52(46)43-54)57-39-33-50(34-40-57)53-17-12-18-55(44-53)59-19-6-9-22-62(59)66-63-23-10-7-20-60(63)61-21-8-11-24-64(61)66/h1-44H. The molecule has 12 aromatic rings. The molecule has 2 heteroatoms. The minimum absolute atomic E-state index is 1.09. The fraction of sp³-hybridized carbons (Fsp3) is 0. The highest BCUT2D eigenvalue weighted by Crippen LogP contribution is 2.40. The first kappa shape index (κ1) is 38.9. The second-order valence-corrected chi connectivity index (χ2v) is 16.9. The van der Waals surface area contributed by atoms with Crippen molar-refractivity contribution >= 4 is 49.6 Å². The quantitative estimate of drug-likeness (QED) is 0.141. The first-order valence-electron chi connectivity index (χ1n) is 22.7. The summed E-state index contributed by atoms with van der Waals surface area (Å²) in [6, 6.07) is 96.8. The van der Waals surface area contributed by atoms with Gasteiger partial charge in [0.05, 0.1) is 16.7 Å². The fourth-order valence-electron chi connectivity index (χ4n) is 9.67. The van der Waals surface area contributed by atoms with Crippen molar-refractivity contribution in [2.45, 2.75) is 0 Å². The van der Waals surface area contributed by atoms with Gasteiger partial charge in [0.1, 0.15) is 0 Å². The molecule has 1 aromatic heterocycles. The first-order valence-corrected chi connectivity index (χ1v) is 22.7. The maximum Gasteiger partial charge on any atom is 0.0541 e. The molecule has 0 saturated heterocycles. The van der Waals surface area contributed by atoms with Crippen molar-refractivity contribution in [3.63, 3.8) is 0 Å². The third kappa shape index (κ3) is 7.21. The first-order chi connectivity index (χ1) is 32.7. The molecule has 12 rings (SSSR count). The summed E-state index contributed by atoms with van der Waals surface area (Å²) < 4.78 is 2.42. The molecule has 0 atom stereocenters. The highest BCUT2D eigenvalue weighted by molar-refractivity contribution is 6.09. The lowest BCUT2D eigenvalue weighted by atomic mass is 9.97. The predicted molar refractivity (Wildman–Crippen MR) is 280 cm³/mol. The molecule has 0 aliphatic heterocycles. The average Bonchev–Trinajstić information content (AvgIpc) is 3.74. The Morgan fingerprint density at radius 3 is 1.23 bits per heavy atom. The second-order valence-electron chi connectivity index (χ2n) is 16.9. The zero-order valence-corrected chi connectivity index (χ0v) is 36.3. The molecule has 66 heavy (non-hydrogen) atoms. The van der Waals surface area contributed by atoms with Crippen LogP contribution in [0.2, 0.25) is 0 Å². The van der Waals surface area contributed by atoms with Crippen LogP contribution in [0, 0.1) is 0 Å². The van der Waals surface area contributed by atoms with Crippen molar-refractivity contribution in [1.82, 2.24) is 4.57 Å². The minimum Gasteiger partial charge on any atom is -0.311 e. The molecular formula is C64H44N2. The summed E-state index contributed by atoms with van der Waals surface area (Å²) in [6.07, 6.45) is 0. The normalized spacial score (nSPS) is 11.3. The fourth-order valence-corrected chi connectivity index (χ4v) is 9.67. The summed E-state index contributed by atoms with van der Waals surface area (Å²) in [5.41, 5.74) is 18.8. The summed E-state index contributed by atoms with van der Waals surface area (Å²) in [5, 5.41) is 5.01. The molecule has 0 aliphatic rings. The van der Waals surface area contributed by atoms with Gasteiger partial charge >= 0.3 is 0 Å². The van der Waals surface area contributed by atoms with E-state index in [4.69, 9.17) is 0 Å². The molecule has 0 radical (unpaired) electrons. The van der Waals surface area contributed by atoms with Gasteiger partial charge in [-0.05, 0) is 128 Å². The van der Waals surface area contributed by atoms with E-state index in [1.165, 1.54) is 88.3 Å². The van der Waals surface area contributed by atoms with Gasteiger partial charge in [-0.1, -0.05) is 200 Å². The van der Waals surface area contributed by atoms with Crippen LogP contribution in [0.25, 0.3) is 93.9 Å². The molecule has 0 spiro atoms. The van der Waals surface area contributed by atoms with E-state index in [1.807, 2.05) is 0 Å². The molecule has 0 saturated carbocycles. The molecule has 0 N–H and O–H groups in total. The van der Waals surface area contributed by atoms with Crippen LogP contribution >= 0.6 is 0 Å². The maximum atomic E-state index is 2.42. The molecule has 2 nitrogen and oxygen atoms in total. The van der Waals surface area contributed by atoms with E-state index in [9.17, 15) is 0 Å². The third-order valence-electron chi connectivity index (χ3n) is 13.0. The molecular weight excluding hydrogens is 797 g/mol. The lowest BCUT2D eigenvalue weighted by Gasteiger charge is -2.26. The number of hydrogen-bond acceptors (Lipinski definition) is 1. The van der Waals surface area contributed by atoms with Crippen molar-refractivity contribution in [3.8, 4) is 61.3 Å². The van der Waals surface area contributed by atoms with Gasteiger partial charge in [-0.15, -0.1) is 0 Å². The molecule has 310 valence electrons. The highest BCUT2D eigenvalue weighted by atomic mass is 15.1. The van der Waals surface area contributed by atoms with E-state index in [0.717, 1.165) is 22.6 Å². The number of benzene rings is 11. The molecule has 0 fully saturated rings. The van der Waals surface area contributed by atoms with Crippen molar-refractivity contribution in [3.05, 3.63) is 267 Å². The minimum atomic E-state index is 1.09. The largest absolute Gasteiger partial charge is 0.311 e. The lowest BCUT2D eigenvalue weighted by molar-refractivity contribution is 1.18. The Morgan fingerprint density at radius 1 is 0.242 bits per heavy atom. The zero-order chi connectivity index (χ0) is 43.8. The van der Waals surface area contributed by atoms with Crippen molar-refractivity contribution in [2.75, 3.05) is 4.90 Å². The number of hydrogen-bond donors (Lipinski definition) is 0. The summed E-state index contributed by atoms with van der Waals surface area (Å²) >= 11 is 0. The monoisotopic (exact) mass is 840 g/mol. The lowest BCUT2D eigenvalue weighted by Crippen LogP contribution is -2.09. The van der Waals surface area contributed by atoms with Crippen molar-refractivity contribution < 1.29 is 0 Å². The van der Waals surface area contributed by atoms with Crippen molar-refractivity contribution in [1.29, 1.82) is 0 Å². The van der Waals surface area contributed by atoms with Crippen LogP contribution in [0.5, 0.6) is 0 Å². The molecule has 0 unspecified atom stereocenters. The summed E-state index contributed by atoms with van der Waals surface area (Å²) in [7, 11) is 0. The number of rotatable bonds is 9. The maximum absolute atomic E-state index is 2.42.